The molecule has 1 N–H and O–H groups in total. The maximum atomic E-state index is 12.0. The first-order valence-corrected chi connectivity index (χ1v) is 6.91. The zero-order valence-corrected chi connectivity index (χ0v) is 12.4. The predicted octanol–water partition coefficient (Wildman–Crippen LogP) is 2.89. The van der Waals surface area contributed by atoms with Crippen LogP contribution >= 0.6 is 0 Å². The Bertz CT molecular complexity index is 344. The highest BCUT2D eigenvalue weighted by molar-refractivity contribution is 5.77. The topological polar surface area (TPSA) is 66.8 Å². The summed E-state index contributed by atoms with van der Waals surface area (Å²) in [5.74, 6) is -0.803. The molecule has 1 atom stereocenters. The minimum Gasteiger partial charge on any atom is -0.481 e. The van der Waals surface area contributed by atoms with E-state index in [4.69, 9.17) is 4.74 Å². The summed E-state index contributed by atoms with van der Waals surface area (Å²) < 4.78 is 5.32. The van der Waals surface area contributed by atoms with Crippen LogP contribution in [0.4, 0.5) is 4.79 Å². The van der Waals surface area contributed by atoms with Crippen LogP contribution in [0, 0.1) is 5.41 Å². The van der Waals surface area contributed by atoms with Gasteiger partial charge in [-0.3, -0.25) is 4.79 Å². The Morgan fingerprint density at radius 2 is 2.00 bits per heavy atom. The van der Waals surface area contributed by atoms with Gasteiger partial charge in [0.1, 0.15) is 5.60 Å². The van der Waals surface area contributed by atoms with Crippen LogP contribution in [-0.4, -0.2) is 40.8 Å². The summed E-state index contributed by atoms with van der Waals surface area (Å²) in [6.45, 7) is 8.23. The summed E-state index contributed by atoms with van der Waals surface area (Å²) in [5.41, 5.74) is -1.35. The van der Waals surface area contributed by atoms with Gasteiger partial charge in [-0.25, -0.2) is 4.79 Å². The number of carbonyl (C=O) groups is 2. The van der Waals surface area contributed by atoms with Crippen LogP contribution in [0.25, 0.3) is 0 Å². The van der Waals surface area contributed by atoms with Crippen LogP contribution in [0.15, 0.2) is 0 Å². The molecule has 1 heterocycles. The van der Waals surface area contributed by atoms with Gasteiger partial charge in [0.15, 0.2) is 0 Å². The van der Waals surface area contributed by atoms with Gasteiger partial charge in [0.2, 0.25) is 0 Å². The van der Waals surface area contributed by atoms with Crippen LogP contribution < -0.4 is 0 Å². The van der Waals surface area contributed by atoms with E-state index in [0.717, 1.165) is 6.42 Å². The second-order valence-electron chi connectivity index (χ2n) is 6.34. The molecule has 1 amide bonds. The van der Waals surface area contributed by atoms with E-state index < -0.39 is 23.1 Å². The third-order valence-corrected chi connectivity index (χ3v) is 3.41. The molecule has 1 aliphatic rings. The highest BCUT2D eigenvalue weighted by Crippen LogP contribution is 2.35. The number of carboxylic acids is 1. The number of rotatable bonds is 3. The molecule has 110 valence electrons. The van der Waals surface area contributed by atoms with E-state index in [9.17, 15) is 14.7 Å². The first kappa shape index (κ1) is 15.8. The maximum Gasteiger partial charge on any atom is 0.410 e. The standard InChI is InChI=1S/C14H25NO4/c1-5-7-14(11(16)17)8-6-9-15(10-14)12(18)19-13(2,3)4/h5-10H2,1-4H3,(H,16,17). The normalized spacial score (nSPS) is 24.1. The number of amides is 1. The number of carbonyl (C=O) groups excluding carboxylic acids is 1. The molecule has 0 saturated carbocycles. The van der Waals surface area contributed by atoms with E-state index in [1.54, 1.807) is 4.90 Å². The zero-order valence-electron chi connectivity index (χ0n) is 12.4. The smallest absolute Gasteiger partial charge is 0.410 e. The van der Waals surface area contributed by atoms with Crippen molar-refractivity contribution in [2.24, 2.45) is 5.41 Å². The molecule has 5 heteroatoms. The summed E-state index contributed by atoms with van der Waals surface area (Å²) in [6.07, 6.45) is 2.34. The Kier molecular flexibility index (Phi) is 4.82. The van der Waals surface area contributed by atoms with Gasteiger partial charge in [-0.1, -0.05) is 13.3 Å². The Balaban J connectivity index is 2.77. The number of piperidine rings is 1. The molecular formula is C14H25NO4. The fourth-order valence-corrected chi connectivity index (χ4v) is 2.58. The molecule has 1 rings (SSSR count). The van der Waals surface area contributed by atoms with Crippen LogP contribution in [0.5, 0.6) is 0 Å². The average Bonchev–Trinajstić information content (AvgIpc) is 2.27. The number of likely N-dealkylation sites (tertiary alicyclic amines) is 1. The number of hydrogen-bond acceptors (Lipinski definition) is 3. The van der Waals surface area contributed by atoms with Crippen molar-refractivity contribution < 1.29 is 19.4 Å². The van der Waals surface area contributed by atoms with Gasteiger partial charge in [-0.05, 0) is 40.0 Å². The van der Waals surface area contributed by atoms with Crippen molar-refractivity contribution in [3.05, 3.63) is 0 Å². The molecule has 0 spiro atoms. The quantitative estimate of drug-likeness (QED) is 0.857. The lowest BCUT2D eigenvalue weighted by molar-refractivity contribution is -0.152. The fourth-order valence-electron chi connectivity index (χ4n) is 2.58. The number of carboxylic acid groups (broad SMARTS) is 1. The van der Waals surface area contributed by atoms with Gasteiger partial charge in [-0.2, -0.15) is 0 Å². The van der Waals surface area contributed by atoms with E-state index in [1.807, 2.05) is 27.7 Å². The van der Waals surface area contributed by atoms with E-state index >= 15 is 0 Å². The first-order chi connectivity index (χ1) is 8.70. The third kappa shape index (κ3) is 4.11. The van der Waals surface area contributed by atoms with Crippen LogP contribution in [0.2, 0.25) is 0 Å². The Morgan fingerprint density at radius 3 is 2.47 bits per heavy atom. The Morgan fingerprint density at radius 1 is 1.37 bits per heavy atom. The van der Waals surface area contributed by atoms with E-state index in [0.29, 0.717) is 25.8 Å². The number of nitrogens with zero attached hydrogens (tertiary/aromatic N) is 1. The van der Waals surface area contributed by atoms with Crippen LogP contribution in [-0.2, 0) is 9.53 Å². The molecular weight excluding hydrogens is 246 g/mol. The Hall–Kier alpha value is -1.26. The van der Waals surface area contributed by atoms with Crippen molar-refractivity contribution in [3.63, 3.8) is 0 Å². The zero-order chi connectivity index (χ0) is 14.7. The molecule has 0 aromatic heterocycles. The van der Waals surface area contributed by atoms with Gasteiger partial charge in [0, 0.05) is 13.1 Å². The van der Waals surface area contributed by atoms with Crippen molar-refractivity contribution in [2.45, 2.75) is 59.0 Å². The molecule has 0 aromatic rings. The predicted molar refractivity (Wildman–Crippen MR) is 72.0 cm³/mol. The van der Waals surface area contributed by atoms with Crippen molar-refractivity contribution in [1.29, 1.82) is 0 Å². The summed E-state index contributed by atoms with van der Waals surface area (Å²) >= 11 is 0. The third-order valence-electron chi connectivity index (χ3n) is 3.41. The molecule has 1 fully saturated rings. The molecule has 0 radical (unpaired) electrons. The highest BCUT2D eigenvalue weighted by Gasteiger charge is 2.43. The summed E-state index contributed by atoms with van der Waals surface area (Å²) in [5, 5.41) is 9.47. The van der Waals surface area contributed by atoms with Gasteiger partial charge in [-0.15, -0.1) is 0 Å². The molecule has 0 aliphatic carbocycles. The van der Waals surface area contributed by atoms with Gasteiger partial charge in [0.05, 0.1) is 5.41 Å². The van der Waals surface area contributed by atoms with Crippen molar-refractivity contribution in [2.75, 3.05) is 13.1 Å². The Labute approximate surface area is 114 Å². The molecule has 0 aromatic carbocycles. The molecule has 1 aliphatic heterocycles. The van der Waals surface area contributed by atoms with Gasteiger partial charge in [0.25, 0.3) is 0 Å². The lowest BCUT2D eigenvalue weighted by atomic mass is 9.76. The number of hydrogen-bond donors (Lipinski definition) is 1. The molecule has 1 unspecified atom stereocenters. The lowest BCUT2D eigenvalue weighted by Crippen LogP contribution is -2.51. The van der Waals surface area contributed by atoms with Crippen molar-refractivity contribution in [3.8, 4) is 0 Å². The maximum absolute atomic E-state index is 12.0. The molecule has 1 saturated heterocycles. The van der Waals surface area contributed by atoms with Crippen molar-refractivity contribution in [1.82, 2.24) is 4.90 Å². The summed E-state index contributed by atoms with van der Waals surface area (Å²) in [4.78, 5) is 25.1. The second kappa shape index (κ2) is 5.80. The molecule has 5 nitrogen and oxygen atoms in total. The van der Waals surface area contributed by atoms with Crippen molar-refractivity contribution >= 4 is 12.1 Å². The second-order valence-corrected chi connectivity index (χ2v) is 6.34. The number of ether oxygens (including phenoxy) is 1. The fraction of sp³-hybridized carbons (Fsp3) is 0.857. The van der Waals surface area contributed by atoms with E-state index in [2.05, 4.69) is 0 Å². The number of aliphatic carboxylic acids is 1. The first-order valence-electron chi connectivity index (χ1n) is 6.91. The monoisotopic (exact) mass is 271 g/mol. The van der Waals surface area contributed by atoms with Crippen LogP contribution in [0.3, 0.4) is 0 Å². The molecule has 0 bridgehead atoms. The summed E-state index contributed by atoms with van der Waals surface area (Å²) in [6, 6.07) is 0. The minimum atomic E-state index is -0.803. The van der Waals surface area contributed by atoms with E-state index in [-0.39, 0.29) is 6.54 Å². The minimum absolute atomic E-state index is 0.255. The van der Waals surface area contributed by atoms with Gasteiger partial charge < -0.3 is 14.7 Å². The average molecular weight is 271 g/mol. The van der Waals surface area contributed by atoms with Gasteiger partial charge >= 0.3 is 12.1 Å². The largest absolute Gasteiger partial charge is 0.481 e. The lowest BCUT2D eigenvalue weighted by Gasteiger charge is -2.40. The van der Waals surface area contributed by atoms with E-state index in [1.165, 1.54) is 0 Å². The SMILES string of the molecule is CCCC1(C(=O)O)CCCN(C(=O)OC(C)(C)C)C1. The van der Waals surface area contributed by atoms with Crippen LogP contribution in [0.1, 0.15) is 53.4 Å². The molecule has 19 heavy (non-hydrogen) atoms. The summed E-state index contributed by atoms with van der Waals surface area (Å²) in [7, 11) is 0. The highest BCUT2D eigenvalue weighted by atomic mass is 16.6.